The zero-order chi connectivity index (χ0) is 14.7. The predicted octanol–water partition coefficient (Wildman–Crippen LogP) is 4.52. The summed E-state index contributed by atoms with van der Waals surface area (Å²) in [6, 6.07) is 6.22. The van der Waals surface area contributed by atoms with Crippen LogP contribution in [-0.4, -0.2) is 16.5 Å². The zero-order valence-corrected chi connectivity index (χ0v) is 14.0. The van der Waals surface area contributed by atoms with Crippen LogP contribution in [0, 0.1) is 13.8 Å². The van der Waals surface area contributed by atoms with E-state index in [0.29, 0.717) is 0 Å². The molecule has 0 amide bonds. The molecule has 0 aliphatic carbocycles. The Morgan fingerprint density at radius 3 is 2.50 bits per heavy atom. The molecule has 0 unspecified atom stereocenters. The van der Waals surface area contributed by atoms with E-state index in [2.05, 4.69) is 66.1 Å². The number of nitrogens with zero attached hydrogens (tertiary/aromatic N) is 2. The minimum absolute atomic E-state index is 0.791. The van der Waals surface area contributed by atoms with Crippen molar-refractivity contribution in [3.8, 4) is 11.4 Å². The molecule has 1 N–H and O–H groups in total. The van der Waals surface area contributed by atoms with Crippen molar-refractivity contribution in [3.63, 3.8) is 0 Å². The maximum atomic E-state index is 4.71. The summed E-state index contributed by atoms with van der Waals surface area (Å²) in [5.41, 5.74) is 4.49. The lowest BCUT2D eigenvalue weighted by Gasteiger charge is -2.13. The lowest BCUT2D eigenvalue weighted by Crippen LogP contribution is -2.07. The summed E-state index contributed by atoms with van der Waals surface area (Å²) in [5.74, 6) is 1.73. The Morgan fingerprint density at radius 1 is 1.15 bits per heavy atom. The summed E-state index contributed by atoms with van der Waals surface area (Å²) in [4.78, 5) is 9.38. The van der Waals surface area contributed by atoms with E-state index in [1.165, 1.54) is 5.56 Å². The lowest BCUT2D eigenvalue weighted by molar-refractivity contribution is 0.970. The molecular formula is C16H20BrN3. The highest BCUT2D eigenvalue weighted by molar-refractivity contribution is 9.10. The average Bonchev–Trinajstić information content (AvgIpc) is 2.44. The van der Waals surface area contributed by atoms with Crippen LogP contribution in [0.2, 0.25) is 0 Å². The fourth-order valence-electron chi connectivity index (χ4n) is 2.16. The molecule has 1 aromatic heterocycles. The SMILES string of the molecule is CCNc1nc(-c2ccc(Br)c(C)c2)nc(CC)c1C. The van der Waals surface area contributed by atoms with Crippen LogP contribution in [-0.2, 0) is 6.42 Å². The fourth-order valence-corrected chi connectivity index (χ4v) is 2.41. The van der Waals surface area contributed by atoms with E-state index in [0.717, 1.165) is 45.9 Å². The highest BCUT2D eigenvalue weighted by atomic mass is 79.9. The van der Waals surface area contributed by atoms with Gasteiger partial charge in [-0.15, -0.1) is 0 Å². The molecule has 0 bridgehead atoms. The third-order valence-corrected chi connectivity index (χ3v) is 4.23. The van der Waals surface area contributed by atoms with Gasteiger partial charge in [0.15, 0.2) is 5.82 Å². The number of anilines is 1. The third kappa shape index (κ3) is 3.01. The van der Waals surface area contributed by atoms with Crippen LogP contribution >= 0.6 is 15.9 Å². The van der Waals surface area contributed by atoms with Gasteiger partial charge < -0.3 is 5.32 Å². The molecule has 20 heavy (non-hydrogen) atoms. The van der Waals surface area contributed by atoms with Crippen LogP contribution in [0.5, 0.6) is 0 Å². The maximum Gasteiger partial charge on any atom is 0.161 e. The molecule has 0 aliphatic rings. The summed E-state index contributed by atoms with van der Waals surface area (Å²) in [7, 11) is 0. The van der Waals surface area contributed by atoms with Crippen molar-refractivity contribution < 1.29 is 0 Å². The van der Waals surface area contributed by atoms with Crippen molar-refractivity contribution in [3.05, 3.63) is 39.5 Å². The van der Waals surface area contributed by atoms with Crippen molar-refractivity contribution >= 4 is 21.7 Å². The van der Waals surface area contributed by atoms with E-state index in [-0.39, 0.29) is 0 Å². The highest BCUT2D eigenvalue weighted by Crippen LogP contribution is 2.25. The molecule has 2 aromatic rings. The summed E-state index contributed by atoms with van der Waals surface area (Å²) in [6.45, 7) is 9.22. The highest BCUT2D eigenvalue weighted by Gasteiger charge is 2.11. The second-order valence-electron chi connectivity index (χ2n) is 4.82. The van der Waals surface area contributed by atoms with Gasteiger partial charge in [-0.25, -0.2) is 9.97 Å². The van der Waals surface area contributed by atoms with Gasteiger partial charge in [0, 0.05) is 27.8 Å². The summed E-state index contributed by atoms with van der Waals surface area (Å²) < 4.78 is 1.11. The molecule has 0 saturated heterocycles. The minimum Gasteiger partial charge on any atom is -0.370 e. The number of rotatable bonds is 4. The molecule has 1 heterocycles. The normalized spacial score (nSPS) is 10.7. The van der Waals surface area contributed by atoms with Crippen LogP contribution in [0.4, 0.5) is 5.82 Å². The molecule has 2 rings (SSSR count). The molecule has 0 radical (unpaired) electrons. The molecule has 3 nitrogen and oxygen atoms in total. The number of nitrogens with one attached hydrogen (secondary N) is 1. The first-order valence-corrected chi connectivity index (χ1v) is 7.74. The molecule has 0 spiro atoms. The monoisotopic (exact) mass is 333 g/mol. The molecule has 0 saturated carbocycles. The Balaban J connectivity index is 2.55. The smallest absolute Gasteiger partial charge is 0.161 e. The summed E-state index contributed by atoms with van der Waals surface area (Å²) in [6.07, 6.45) is 0.912. The van der Waals surface area contributed by atoms with Crippen LogP contribution in [0.1, 0.15) is 30.7 Å². The van der Waals surface area contributed by atoms with E-state index >= 15 is 0 Å². The van der Waals surface area contributed by atoms with Gasteiger partial charge in [0.05, 0.1) is 0 Å². The number of hydrogen-bond donors (Lipinski definition) is 1. The number of benzene rings is 1. The Labute approximate surface area is 129 Å². The molecule has 1 aromatic carbocycles. The van der Waals surface area contributed by atoms with Gasteiger partial charge in [-0.3, -0.25) is 0 Å². The molecular weight excluding hydrogens is 314 g/mol. The van der Waals surface area contributed by atoms with Gasteiger partial charge in [-0.2, -0.15) is 0 Å². The molecule has 0 aliphatic heterocycles. The Kier molecular flexibility index (Phi) is 4.76. The Hall–Kier alpha value is -1.42. The molecule has 0 atom stereocenters. The van der Waals surface area contributed by atoms with Crippen molar-refractivity contribution in [2.75, 3.05) is 11.9 Å². The van der Waals surface area contributed by atoms with Gasteiger partial charge in [0.2, 0.25) is 0 Å². The van der Waals surface area contributed by atoms with Crippen molar-refractivity contribution in [2.45, 2.75) is 34.1 Å². The third-order valence-electron chi connectivity index (χ3n) is 3.34. The van der Waals surface area contributed by atoms with E-state index in [4.69, 9.17) is 4.98 Å². The first-order chi connectivity index (χ1) is 9.56. The number of halogens is 1. The van der Waals surface area contributed by atoms with Gasteiger partial charge in [0.25, 0.3) is 0 Å². The van der Waals surface area contributed by atoms with Crippen molar-refractivity contribution in [2.24, 2.45) is 0 Å². The van der Waals surface area contributed by atoms with Crippen LogP contribution < -0.4 is 5.32 Å². The fraction of sp³-hybridized carbons (Fsp3) is 0.375. The van der Waals surface area contributed by atoms with Crippen LogP contribution in [0.25, 0.3) is 11.4 Å². The summed E-state index contributed by atoms with van der Waals surface area (Å²) >= 11 is 3.53. The quantitative estimate of drug-likeness (QED) is 0.893. The molecule has 0 fully saturated rings. The molecule has 4 heteroatoms. The molecule has 106 valence electrons. The number of aryl methyl sites for hydroxylation is 2. The Bertz CT molecular complexity index is 623. The second kappa shape index (κ2) is 6.35. The number of aromatic nitrogens is 2. The van der Waals surface area contributed by atoms with E-state index in [1.807, 2.05) is 6.07 Å². The first kappa shape index (κ1) is 15.0. The Morgan fingerprint density at radius 2 is 1.90 bits per heavy atom. The average molecular weight is 334 g/mol. The topological polar surface area (TPSA) is 37.8 Å². The standard InChI is InChI=1S/C16H20BrN3/c1-5-14-11(4)15(18-6-2)20-16(19-14)12-7-8-13(17)10(3)9-12/h7-9H,5-6H2,1-4H3,(H,18,19,20). The van der Waals surface area contributed by atoms with E-state index in [9.17, 15) is 0 Å². The van der Waals surface area contributed by atoms with Gasteiger partial charge in [0.1, 0.15) is 5.82 Å². The van der Waals surface area contributed by atoms with Crippen LogP contribution in [0.3, 0.4) is 0 Å². The predicted molar refractivity (Wildman–Crippen MR) is 88.2 cm³/mol. The van der Waals surface area contributed by atoms with Crippen molar-refractivity contribution in [1.29, 1.82) is 0 Å². The summed E-state index contributed by atoms with van der Waals surface area (Å²) in [5, 5.41) is 3.33. The zero-order valence-electron chi connectivity index (χ0n) is 12.4. The maximum absolute atomic E-state index is 4.71. The first-order valence-electron chi connectivity index (χ1n) is 6.94. The van der Waals surface area contributed by atoms with Gasteiger partial charge in [-0.05, 0) is 44.9 Å². The van der Waals surface area contributed by atoms with Crippen LogP contribution in [0.15, 0.2) is 22.7 Å². The van der Waals surface area contributed by atoms with Gasteiger partial charge in [-0.1, -0.05) is 28.9 Å². The largest absolute Gasteiger partial charge is 0.370 e. The van der Waals surface area contributed by atoms with Crippen molar-refractivity contribution in [1.82, 2.24) is 9.97 Å². The number of hydrogen-bond acceptors (Lipinski definition) is 3. The van der Waals surface area contributed by atoms with E-state index < -0.39 is 0 Å². The lowest BCUT2D eigenvalue weighted by atomic mass is 10.1. The van der Waals surface area contributed by atoms with Gasteiger partial charge >= 0.3 is 0 Å². The minimum atomic E-state index is 0.791. The van der Waals surface area contributed by atoms with E-state index in [1.54, 1.807) is 0 Å². The second-order valence-corrected chi connectivity index (χ2v) is 5.67.